The predicted molar refractivity (Wildman–Crippen MR) is 97.3 cm³/mol. The monoisotopic (exact) mass is 344 g/mol. The molecule has 2 aliphatic rings. The van der Waals surface area contributed by atoms with E-state index in [1.54, 1.807) is 11.3 Å². The number of benzene rings is 1. The number of para-hydroxylation sites is 1. The highest BCUT2D eigenvalue weighted by atomic mass is 32.1. The van der Waals surface area contributed by atoms with Gasteiger partial charge in [0.25, 0.3) is 0 Å². The first-order valence-electron chi connectivity index (χ1n) is 8.91. The van der Waals surface area contributed by atoms with Gasteiger partial charge in [0, 0.05) is 19.1 Å². The Balaban J connectivity index is 1.33. The van der Waals surface area contributed by atoms with Gasteiger partial charge in [-0.15, -0.1) is 11.3 Å². The lowest BCUT2D eigenvalue weighted by Crippen LogP contribution is -2.51. The van der Waals surface area contributed by atoms with Gasteiger partial charge in [-0.05, 0) is 50.9 Å². The van der Waals surface area contributed by atoms with Gasteiger partial charge in [-0.3, -0.25) is 4.90 Å². The lowest BCUT2D eigenvalue weighted by Gasteiger charge is -2.37. The van der Waals surface area contributed by atoms with E-state index in [1.807, 2.05) is 23.1 Å². The number of rotatable bonds is 3. The van der Waals surface area contributed by atoms with Crippen molar-refractivity contribution in [2.45, 2.75) is 38.3 Å². The summed E-state index contributed by atoms with van der Waals surface area (Å²) >= 11 is 1.65. The van der Waals surface area contributed by atoms with E-state index in [-0.39, 0.29) is 6.03 Å². The van der Waals surface area contributed by atoms with Gasteiger partial charge in [0.05, 0.1) is 16.8 Å². The summed E-state index contributed by atoms with van der Waals surface area (Å²) in [5.41, 5.74) is 1.01. The van der Waals surface area contributed by atoms with Crippen LogP contribution in [0.15, 0.2) is 24.3 Å². The number of carbonyl (C=O) groups excluding carboxylic acids is 1. The number of piperidine rings is 1. The number of hydrogen-bond donors (Lipinski definition) is 1. The molecule has 1 atom stereocenters. The maximum atomic E-state index is 12.5. The number of nitrogens with zero attached hydrogens (tertiary/aromatic N) is 3. The summed E-state index contributed by atoms with van der Waals surface area (Å²) < 4.78 is 1.17. The molecule has 2 amide bonds. The molecule has 3 heterocycles. The quantitative estimate of drug-likeness (QED) is 0.931. The Labute approximate surface area is 146 Å². The normalized spacial score (nSPS) is 22.2. The number of urea groups is 1. The summed E-state index contributed by atoms with van der Waals surface area (Å²) in [4.78, 5) is 21.7. The molecule has 0 saturated carbocycles. The Morgan fingerprint density at radius 2 is 2.04 bits per heavy atom. The summed E-state index contributed by atoms with van der Waals surface area (Å²) in [5.74, 6) is 0. The number of likely N-dealkylation sites (tertiary alicyclic amines) is 2. The van der Waals surface area contributed by atoms with Crippen molar-refractivity contribution in [1.29, 1.82) is 0 Å². The van der Waals surface area contributed by atoms with Crippen molar-refractivity contribution in [3.8, 4) is 0 Å². The smallest absolute Gasteiger partial charge is 0.317 e. The van der Waals surface area contributed by atoms with Crippen LogP contribution >= 0.6 is 11.3 Å². The van der Waals surface area contributed by atoms with Crippen molar-refractivity contribution in [3.05, 3.63) is 29.3 Å². The van der Waals surface area contributed by atoms with E-state index in [9.17, 15) is 4.79 Å². The van der Waals surface area contributed by atoms with Crippen LogP contribution in [0.4, 0.5) is 4.79 Å². The van der Waals surface area contributed by atoms with Crippen LogP contribution in [0.5, 0.6) is 0 Å². The molecule has 0 aliphatic carbocycles. The van der Waals surface area contributed by atoms with E-state index >= 15 is 0 Å². The molecule has 4 rings (SSSR count). The lowest BCUT2D eigenvalue weighted by molar-refractivity contribution is 0.125. The Kier molecular flexibility index (Phi) is 4.67. The number of aromatic nitrogens is 1. The third-order valence-corrected chi connectivity index (χ3v) is 6.11. The molecule has 2 aliphatic heterocycles. The predicted octanol–water partition coefficient (Wildman–Crippen LogP) is 3.07. The van der Waals surface area contributed by atoms with Gasteiger partial charge in [0.15, 0.2) is 0 Å². The van der Waals surface area contributed by atoms with Crippen LogP contribution in [0.2, 0.25) is 0 Å². The number of amides is 2. The van der Waals surface area contributed by atoms with Gasteiger partial charge >= 0.3 is 6.03 Å². The van der Waals surface area contributed by atoms with E-state index in [1.165, 1.54) is 37.1 Å². The number of carbonyl (C=O) groups is 1. The maximum Gasteiger partial charge on any atom is 0.317 e. The molecule has 0 unspecified atom stereocenters. The van der Waals surface area contributed by atoms with Gasteiger partial charge in [-0.2, -0.15) is 0 Å². The first kappa shape index (κ1) is 15.8. The van der Waals surface area contributed by atoms with Crippen molar-refractivity contribution in [1.82, 2.24) is 20.1 Å². The van der Waals surface area contributed by atoms with E-state index in [0.717, 1.165) is 30.0 Å². The van der Waals surface area contributed by atoms with E-state index in [4.69, 9.17) is 0 Å². The summed E-state index contributed by atoms with van der Waals surface area (Å²) in [6.45, 7) is 4.66. The lowest BCUT2D eigenvalue weighted by atomic mass is 10.0. The van der Waals surface area contributed by atoms with Gasteiger partial charge in [0.1, 0.15) is 5.01 Å². The second kappa shape index (κ2) is 7.07. The average Bonchev–Trinajstić information content (AvgIpc) is 3.29. The van der Waals surface area contributed by atoms with Crippen molar-refractivity contribution >= 4 is 27.6 Å². The number of hydrogen-bond acceptors (Lipinski definition) is 4. The highest BCUT2D eigenvalue weighted by Gasteiger charge is 2.29. The van der Waals surface area contributed by atoms with Crippen LogP contribution in [0.25, 0.3) is 10.2 Å². The standard InChI is InChI=1S/C18H24N4OS/c23-18(19-12-17-20-15-7-1-2-8-16(15)24-17)22-11-5-6-14(13-22)21-9-3-4-10-21/h1-2,7-8,14H,3-6,9-13H2,(H,19,23)/t14-/m1/s1. The molecule has 6 heteroatoms. The Hall–Kier alpha value is -1.66. The van der Waals surface area contributed by atoms with Crippen LogP contribution in [0.3, 0.4) is 0 Å². The van der Waals surface area contributed by atoms with Crippen molar-refractivity contribution in [2.75, 3.05) is 26.2 Å². The van der Waals surface area contributed by atoms with Gasteiger partial charge < -0.3 is 10.2 Å². The second-order valence-electron chi connectivity index (χ2n) is 6.72. The summed E-state index contributed by atoms with van der Waals surface area (Å²) in [7, 11) is 0. The van der Waals surface area contributed by atoms with Crippen molar-refractivity contribution < 1.29 is 4.79 Å². The van der Waals surface area contributed by atoms with Gasteiger partial charge in [-0.25, -0.2) is 9.78 Å². The highest BCUT2D eigenvalue weighted by Crippen LogP contribution is 2.22. The minimum Gasteiger partial charge on any atom is -0.331 e. The van der Waals surface area contributed by atoms with Crippen LogP contribution in [-0.2, 0) is 6.54 Å². The molecule has 24 heavy (non-hydrogen) atoms. The molecular weight excluding hydrogens is 320 g/mol. The minimum atomic E-state index is 0.0538. The number of fused-ring (bicyclic) bond motifs is 1. The molecule has 1 aromatic carbocycles. The summed E-state index contributed by atoms with van der Waals surface area (Å²) in [6, 6.07) is 8.71. The first-order valence-corrected chi connectivity index (χ1v) is 9.72. The fourth-order valence-corrected chi connectivity index (χ4v) is 4.71. The molecule has 1 aromatic heterocycles. The zero-order valence-corrected chi connectivity index (χ0v) is 14.7. The first-order chi connectivity index (χ1) is 11.8. The largest absolute Gasteiger partial charge is 0.331 e. The van der Waals surface area contributed by atoms with Gasteiger partial charge in [0.2, 0.25) is 0 Å². The SMILES string of the molecule is O=C(NCc1nc2ccccc2s1)N1CCC[C@@H](N2CCCC2)C1. The Morgan fingerprint density at radius 1 is 1.21 bits per heavy atom. The van der Waals surface area contributed by atoms with E-state index in [2.05, 4.69) is 21.3 Å². The topological polar surface area (TPSA) is 48.5 Å². The molecule has 5 nitrogen and oxygen atoms in total. The molecule has 1 N–H and O–H groups in total. The molecule has 2 fully saturated rings. The van der Waals surface area contributed by atoms with Crippen LogP contribution in [0.1, 0.15) is 30.7 Å². The fourth-order valence-electron chi connectivity index (χ4n) is 3.80. The second-order valence-corrected chi connectivity index (χ2v) is 7.83. The van der Waals surface area contributed by atoms with Crippen molar-refractivity contribution in [3.63, 3.8) is 0 Å². The molecule has 128 valence electrons. The molecule has 2 aromatic rings. The number of nitrogens with one attached hydrogen (secondary N) is 1. The third-order valence-electron chi connectivity index (χ3n) is 5.07. The van der Waals surface area contributed by atoms with Crippen LogP contribution in [-0.4, -0.2) is 53.0 Å². The molecule has 0 spiro atoms. The van der Waals surface area contributed by atoms with Crippen LogP contribution < -0.4 is 5.32 Å². The third kappa shape index (κ3) is 3.39. The average molecular weight is 344 g/mol. The summed E-state index contributed by atoms with van der Waals surface area (Å²) in [6.07, 6.45) is 4.94. The molecule has 2 saturated heterocycles. The molecule has 0 radical (unpaired) electrons. The fraction of sp³-hybridized carbons (Fsp3) is 0.556. The Morgan fingerprint density at radius 3 is 2.88 bits per heavy atom. The van der Waals surface area contributed by atoms with Crippen LogP contribution in [0, 0.1) is 0 Å². The minimum absolute atomic E-state index is 0.0538. The maximum absolute atomic E-state index is 12.5. The van der Waals surface area contributed by atoms with E-state index in [0.29, 0.717) is 12.6 Å². The summed E-state index contributed by atoms with van der Waals surface area (Å²) in [5, 5.41) is 4.03. The Bertz CT molecular complexity index is 677. The zero-order valence-electron chi connectivity index (χ0n) is 13.9. The highest BCUT2D eigenvalue weighted by molar-refractivity contribution is 7.18. The molecule has 0 bridgehead atoms. The zero-order chi connectivity index (χ0) is 16.4. The van der Waals surface area contributed by atoms with Crippen molar-refractivity contribution in [2.24, 2.45) is 0 Å². The van der Waals surface area contributed by atoms with Gasteiger partial charge in [-0.1, -0.05) is 12.1 Å². The number of thiazole rings is 1. The molecular formula is C18H24N4OS. The van der Waals surface area contributed by atoms with E-state index < -0.39 is 0 Å².